The van der Waals surface area contributed by atoms with Gasteiger partial charge in [0.15, 0.2) is 0 Å². The summed E-state index contributed by atoms with van der Waals surface area (Å²) in [5.41, 5.74) is 0.944. The van der Waals surface area contributed by atoms with Crippen LogP contribution in [0.25, 0.3) is 0 Å². The molecule has 0 aliphatic heterocycles. The number of hydrogen-bond donors (Lipinski definition) is 1. The zero-order valence-corrected chi connectivity index (χ0v) is 10.3. The zero-order chi connectivity index (χ0) is 11.1. The topological polar surface area (TPSA) is 33.1 Å². The Kier molecular flexibility index (Phi) is 5.73. The minimum Gasteiger partial charge on any atom is -0.389 e. The van der Waals surface area contributed by atoms with E-state index in [-0.39, 0.29) is 0 Å². The van der Waals surface area contributed by atoms with Crippen molar-refractivity contribution >= 4 is 11.8 Å². The molecule has 2 nitrogen and oxygen atoms in total. The van der Waals surface area contributed by atoms with Gasteiger partial charge in [0.1, 0.15) is 5.03 Å². The lowest BCUT2D eigenvalue weighted by atomic mass is 10.2. The van der Waals surface area contributed by atoms with Crippen LogP contribution in [-0.4, -0.2) is 15.8 Å². The minimum atomic E-state index is -0.424. The van der Waals surface area contributed by atoms with Crippen molar-refractivity contribution in [2.45, 2.75) is 44.2 Å². The van der Waals surface area contributed by atoms with Crippen LogP contribution in [0.3, 0.4) is 0 Å². The molecule has 0 aromatic carbocycles. The number of rotatable bonds is 6. The Hall–Kier alpha value is -0.540. The average Bonchev–Trinajstić information content (AvgIpc) is 2.25. The predicted octanol–water partition coefficient (Wildman–Crippen LogP) is 3.42. The maximum absolute atomic E-state index is 9.55. The molecule has 0 amide bonds. The number of aromatic nitrogens is 1. The van der Waals surface area contributed by atoms with Gasteiger partial charge >= 0.3 is 0 Å². The van der Waals surface area contributed by atoms with Crippen LogP contribution in [0.1, 0.15) is 44.8 Å². The molecule has 0 saturated carbocycles. The summed E-state index contributed by atoms with van der Waals surface area (Å²) >= 11 is 1.74. The maximum Gasteiger partial charge on any atom is 0.102 e. The van der Waals surface area contributed by atoms with Gasteiger partial charge in [-0.15, -0.1) is 11.8 Å². The summed E-state index contributed by atoms with van der Waals surface area (Å²) in [5, 5.41) is 10.5. The van der Waals surface area contributed by atoms with Gasteiger partial charge < -0.3 is 5.11 Å². The lowest BCUT2D eigenvalue weighted by Crippen LogP contribution is -1.96. The van der Waals surface area contributed by atoms with Gasteiger partial charge in [0, 0.05) is 11.8 Å². The maximum atomic E-state index is 9.55. The van der Waals surface area contributed by atoms with Crippen molar-refractivity contribution in [2.75, 3.05) is 5.75 Å². The molecule has 0 saturated heterocycles. The molecule has 1 unspecified atom stereocenters. The first-order valence-electron chi connectivity index (χ1n) is 5.51. The molecule has 1 atom stereocenters. The van der Waals surface area contributed by atoms with E-state index in [0.717, 1.165) is 16.3 Å². The first-order valence-corrected chi connectivity index (χ1v) is 6.50. The number of aliphatic hydroxyl groups is 1. The summed E-state index contributed by atoms with van der Waals surface area (Å²) in [5.74, 6) is 1.09. The molecule has 0 spiro atoms. The van der Waals surface area contributed by atoms with Gasteiger partial charge in [-0.05, 0) is 25.2 Å². The first-order chi connectivity index (χ1) is 7.25. The van der Waals surface area contributed by atoms with Crippen molar-refractivity contribution in [2.24, 2.45) is 0 Å². The third-order valence-electron chi connectivity index (χ3n) is 2.24. The van der Waals surface area contributed by atoms with Crippen LogP contribution in [0.15, 0.2) is 23.4 Å². The molecule has 1 rings (SSSR count). The Balaban J connectivity index is 2.52. The second-order valence-electron chi connectivity index (χ2n) is 3.63. The number of hydrogen-bond acceptors (Lipinski definition) is 3. The summed E-state index contributed by atoms with van der Waals surface area (Å²) < 4.78 is 0. The fourth-order valence-corrected chi connectivity index (χ4v) is 2.45. The summed E-state index contributed by atoms with van der Waals surface area (Å²) in [6, 6.07) is 3.82. The van der Waals surface area contributed by atoms with Gasteiger partial charge in [0.2, 0.25) is 0 Å². The van der Waals surface area contributed by atoms with Gasteiger partial charge in [-0.25, -0.2) is 4.98 Å². The van der Waals surface area contributed by atoms with Crippen molar-refractivity contribution in [3.63, 3.8) is 0 Å². The fraction of sp³-hybridized carbons (Fsp3) is 0.583. The molecule has 84 valence electrons. The van der Waals surface area contributed by atoms with E-state index in [1.54, 1.807) is 24.9 Å². The molecule has 1 heterocycles. The van der Waals surface area contributed by atoms with Crippen LogP contribution >= 0.6 is 11.8 Å². The minimum absolute atomic E-state index is 0.424. The Morgan fingerprint density at radius 2 is 2.27 bits per heavy atom. The summed E-state index contributed by atoms with van der Waals surface area (Å²) in [6.07, 6.45) is 5.09. The summed E-state index contributed by atoms with van der Waals surface area (Å²) in [6.45, 7) is 3.99. The molecule has 0 fully saturated rings. The Morgan fingerprint density at radius 3 is 2.93 bits per heavy atom. The predicted molar refractivity (Wildman–Crippen MR) is 65.1 cm³/mol. The van der Waals surface area contributed by atoms with Crippen LogP contribution < -0.4 is 0 Å². The molecule has 0 bridgehead atoms. The van der Waals surface area contributed by atoms with Crippen molar-refractivity contribution in [3.05, 3.63) is 23.9 Å². The van der Waals surface area contributed by atoms with Crippen LogP contribution in [-0.2, 0) is 0 Å². The second kappa shape index (κ2) is 6.85. The lowest BCUT2D eigenvalue weighted by molar-refractivity contribution is 0.195. The molecule has 15 heavy (non-hydrogen) atoms. The van der Waals surface area contributed by atoms with Crippen molar-refractivity contribution in [1.82, 2.24) is 4.98 Å². The summed E-state index contributed by atoms with van der Waals surface area (Å²) in [4.78, 5) is 4.30. The second-order valence-corrected chi connectivity index (χ2v) is 4.71. The van der Waals surface area contributed by atoms with Gasteiger partial charge in [-0.3, -0.25) is 0 Å². The van der Waals surface area contributed by atoms with E-state index in [4.69, 9.17) is 0 Å². The first kappa shape index (κ1) is 12.5. The van der Waals surface area contributed by atoms with E-state index in [1.165, 1.54) is 19.3 Å². The molecule has 0 radical (unpaired) electrons. The fourth-order valence-electron chi connectivity index (χ4n) is 1.36. The summed E-state index contributed by atoms with van der Waals surface area (Å²) in [7, 11) is 0. The monoisotopic (exact) mass is 225 g/mol. The Labute approximate surface area is 96.1 Å². The van der Waals surface area contributed by atoms with Crippen molar-refractivity contribution in [3.8, 4) is 0 Å². The van der Waals surface area contributed by atoms with Gasteiger partial charge in [0.05, 0.1) is 6.10 Å². The van der Waals surface area contributed by atoms with Gasteiger partial charge in [0.25, 0.3) is 0 Å². The van der Waals surface area contributed by atoms with E-state index >= 15 is 0 Å². The van der Waals surface area contributed by atoms with Crippen LogP contribution in [0.5, 0.6) is 0 Å². The number of thioether (sulfide) groups is 1. The molecule has 3 heteroatoms. The SMILES string of the molecule is CCCCCSc1ncccc1C(C)O. The van der Waals surface area contributed by atoms with Crippen molar-refractivity contribution < 1.29 is 5.11 Å². The third kappa shape index (κ3) is 4.22. The van der Waals surface area contributed by atoms with E-state index in [9.17, 15) is 5.11 Å². The molecule has 1 N–H and O–H groups in total. The highest BCUT2D eigenvalue weighted by Crippen LogP contribution is 2.25. The highest BCUT2D eigenvalue weighted by atomic mass is 32.2. The van der Waals surface area contributed by atoms with Gasteiger partial charge in [-0.2, -0.15) is 0 Å². The van der Waals surface area contributed by atoms with Gasteiger partial charge in [-0.1, -0.05) is 25.8 Å². The van der Waals surface area contributed by atoms with E-state index in [2.05, 4.69) is 11.9 Å². The molecule has 1 aromatic heterocycles. The number of unbranched alkanes of at least 4 members (excludes halogenated alkanes) is 2. The van der Waals surface area contributed by atoms with Crippen molar-refractivity contribution in [1.29, 1.82) is 0 Å². The normalized spacial score (nSPS) is 12.7. The zero-order valence-electron chi connectivity index (χ0n) is 9.44. The van der Waals surface area contributed by atoms with Crippen LogP contribution in [0.2, 0.25) is 0 Å². The highest BCUT2D eigenvalue weighted by molar-refractivity contribution is 7.99. The Bertz CT molecular complexity index is 289. The molecule has 0 aliphatic rings. The number of aliphatic hydroxyl groups excluding tert-OH is 1. The Morgan fingerprint density at radius 1 is 1.47 bits per heavy atom. The average molecular weight is 225 g/mol. The van der Waals surface area contributed by atoms with Crippen LogP contribution in [0, 0.1) is 0 Å². The number of nitrogens with zero attached hydrogens (tertiary/aromatic N) is 1. The number of pyridine rings is 1. The third-order valence-corrected chi connectivity index (χ3v) is 3.34. The van der Waals surface area contributed by atoms with E-state index in [0.29, 0.717) is 0 Å². The standard InChI is InChI=1S/C12H19NOS/c1-3-4-5-9-15-12-11(10(2)14)7-6-8-13-12/h6-8,10,14H,3-5,9H2,1-2H3. The molecule has 0 aliphatic carbocycles. The molecular formula is C12H19NOS. The molecular weight excluding hydrogens is 206 g/mol. The quantitative estimate of drug-likeness (QED) is 0.595. The van der Waals surface area contributed by atoms with E-state index < -0.39 is 6.10 Å². The highest BCUT2D eigenvalue weighted by Gasteiger charge is 2.08. The molecule has 1 aromatic rings. The van der Waals surface area contributed by atoms with Crippen LogP contribution in [0.4, 0.5) is 0 Å². The van der Waals surface area contributed by atoms with E-state index in [1.807, 2.05) is 12.1 Å². The largest absolute Gasteiger partial charge is 0.389 e. The smallest absolute Gasteiger partial charge is 0.102 e. The lowest BCUT2D eigenvalue weighted by Gasteiger charge is -2.09.